The fourth-order valence-corrected chi connectivity index (χ4v) is 3.00. The van der Waals surface area contributed by atoms with E-state index in [1.807, 2.05) is 6.20 Å². The third kappa shape index (κ3) is 2.00. The van der Waals surface area contributed by atoms with Crippen LogP contribution in [-0.2, 0) is 7.05 Å². The van der Waals surface area contributed by atoms with E-state index >= 15 is 0 Å². The number of hydrogen-bond acceptors (Lipinski definition) is 2. The largest absolute Gasteiger partial charge is 0.331 e. The summed E-state index contributed by atoms with van der Waals surface area (Å²) in [6, 6.07) is 4.88. The van der Waals surface area contributed by atoms with Crippen molar-refractivity contribution in [1.82, 2.24) is 14.9 Å². The van der Waals surface area contributed by atoms with Crippen molar-refractivity contribution in [3.05, 3.63) is 28.5 Å². The molecule has 1 aliphatic rings. The van der Waals surface area contributed by atoms with Gasteiger partial charge < -0.3 is 9.88 Å². The van der Waals surface area contributed by atoms with Gasteiger partial charge in [0, 0.05) is 34.8 Å². The van der Waals surface area contributed by atoms with Crippen LogP contribution in [0.25, 0.3) is 11.0 Å². The molecule has 4 heteroatoms. The molecule has 3 rings (SSSR count). The highest BCUT2D eigenvalue weighted by Gasteiger charge is 2.19. The number of aryl methyl sites for hydroxylation is 1. The van der Waals surface area contributed by atoms with E-state index in [2.05, 4.69) is 50.0 Å². The van der Waals surface area contributed by atoms with E-state index in [0.29, 0.717) is 6.04 Å². The number of hydrogen-bond donors (Lipinski definition) is 1. The third-order valence-electron chi connectivity index (χ3n) is 3.54. The molecule has 0 aromatic carbocycles. The average molecular weight is 294 g/mol. The lowest BCUT2D eigenvalue weighted by molar-refractivity contribution is 0.399. The Hall–Kier alpha value is -0.870. The van der Waals surface area contributed by atoms with Crippen molar-refractivity contribution in [1.29, 1.82) is 0 Å². The summed E-state index contributed by atoms with van der Waals surface area (Å²) in [5, 5.41) is 4.80. The first-order valence-electron chi connectivity index (χ1n) is 6.10. The highest BCUT2D eigenvalue weighted by Crippen LogP contribution is 2.28. The van der Waals surface area contributed by atoms with Crippen LogP contribution in [0.15, 0.2) is 22.8 Å². The van der Waals surface area contributed by atoms with Crippen molar-refractivity contribution in [3.63, 3.8) is 0 Å². The van der Waals surface area contributed by atoms with Crippen LogP contribution in [0, 0.1) is 0 Å². The van der Waals surface area contributed by atoms with E-state index in [0.717, 1.165) is 16.7 Å². The van der Waals surface area contributed by atoms with Crippen LogP contribution in [0.3, 0.4) is 0 Å². The van der Waals surface area contributed by atoms with Crippen LogP contribution in [0.5, 0.6) is 0 Å². The monoisotopic (exact) mass is 293 g/mol. The second kappa shape index (κ2) is 4.42. The Morgan fingerprint density at radius 1 is 1.41 bits per heavy atom. The van der Waals surface area contributed by atoms with Crippen molar-refractivity contribution in [2.75, 3.05) is 6.54 Å². The summed E-state index contributed by atoms with van der Waals surface area (Å²) in [5.74, 6) is 0. The number of rotatable bonds is 1. The molecule has 1 aliphatic heterocycles. The van der Waals surface area contributed by atoms with Crippen molar-refractivity contribution in [2.45, 2.75) is 25.3 Å². The summed E-state index contributed by atoms with van der Waals surface area (Å²) in [6.45, 7) is 1.13. The third-order valence-corrected chi connectivity index (χ3v) is 3.97. The van der Waals surface area contributed by atoms with Gasteiger partial charge in [-0.2, -0.15) is 0 Å². The summed E-state index contributed by atoms with van der Waals surface area (Å²) < 4.78 is 3.25. The fourth-order valence-electron chi connectivity index (χ4n) is 2.65. The second-order valence-electron chi connectivity index (χ2n) is 4.70. The summed E-state index contributed by atoms with van der Waals surface area (Å²) in [5.41, 5.74) is 2.42. The van der Waals surface area contributed by atoms with Crippen molar-refractivity contribution in [2.24, 2.45) is 7.05 Å². The maximum Gasteiger partial charge on any atom is 0.139 e. The average Bonchev–Trinajstić information content (AvgIpc) is 2.67. The first-order valence-corrected chi connectivity index (χ1v) is 6.89. The van der Waals surface area contributed by atoms with Crippen LogP contribution in [0.1, 0.15) is 31.0 Å². The van der Waals surface area contributed by atoms with E-state index in [4.69, 9.17) is 0 Å². The highest BCUT2D eigenvalue weighted by atomic mass is 79.9. The summed E-state index contributed by atoms with van der Waals surface area (Å²) >= 11 is 3.47. The second-order valence-corrected chi connectivity index (χ2v) is 5.61. The van der Waals surface area contributed by atoms with Crippen molar-refractivity contribution in [3.8, 4) is 0 Å². The quantitative estimate of drug-likeness (QED) is 0.875. The molecule has 1 N–H and O–H groups in total. The first kappa shape index (κ1) is 11.2. The summed E-state index contributed by atoms with van der Waals surface area (Å²) in [4.78, 5) is 4.48. The lowest BCUT2D eigenvalue weighted by atomic mass is 10.0. The van der Waals surface area contributed by atoms with Crippen LogP contribution in [0.2, 0.25) is 0 Å². The standard InChI is InChI=1S/C13H16BrN3/c1-17-12(11-4-2-3-5-15-11)7-9-6-10(14)8-16-13(9)17/h6-8,11,15H,2-5H2,1H3. The van der Waals surface area contributed by atoms with Crippen molar-refractivity contribution >= 4 is 27.0 Å². The van der Waals surface area contributed by atoms with Gasteiger partial charge in [-0.15, -0.1) is 0 Å². The van der Waals surface area contributed by atoms with Gasteiger partial charge in [0.1, 0.15) is 5.65 Å². The van der Waals surface area contributed by atoms with Crippen LogP contribution in [0.4, 0.5) is 0 Å². The predicted molar refractivity (Wildman–Crippen MR) is 73.0 cm³/mol. The lowest BCUT2D eigenvalue weighted by Gasteiger charge is -2.24. The van der Waals surface area contributed by atoms with Gasteiger partial charge >= 0.3 is 0 Å². The Labute approximate surface area is 109 Å². The van der Waals surface area contributed by atoms with Gasteiger partial charge in [-0.3, -0.25) is 0 Å². The Bertz CT molecular complexity index is 541. The number of piperidine rings is 1. The molecule has 0 bridgehead atoms. The zero-order chi connectivity index (χ0) is 11.8. The predicted octanol–water partition coefficient (Wildman–Crippen LogP) is 3.15. The number of fused-ring (bicyclic) bond motifs is 1. The number of aromatic nitrogens is 2. The molecule has 90 valence electrons. The van der Waals surface area contributed by atoms with Crippen molar-refractivity contribution < 1.29 is 0 Å². The maximum atomic E-state index is 4.48. The smallest absolute Gasteiger partial charge is 0.139 e. The number of nitrogens with one attached hydrogen (secondary N) is 1. The molecule has 3 nitrogen and oxygen atoms in total. The molecule has 1 atom stereocenters. The fraction of sp³-hybridized carbons (Fsp3) is 0.462. The van der Waals surface area contributed by atoms with Crippen LogP contribution < -0.4 is 5.32 Å². The minimum atomic E-state index is 0.488. The summed E-state index contributed by atoms with van der Waals surface area (Å²) in [6.07, 6.45) is 5.70. The minimum Gasteiger partial charge on any atom is -0.331 e. The molecular formula is C13H16BrN3. The van der Waals surface area contributed by atoms with Crippen LogP contribution >= 0.6 is 15.9 Å². The van der Waals surface area contributed by atoms with E-state index < -0.39 is 0 Å². The lowest BCUT2D eigenvalue weighted by Crippen LogP contribution is -2.28. The molecule has 2 aromatic rings. The Kier molecular flexibility index (Phi) is 2.92. The molecule has 3 heterocycles. The van der Waals surface area contributed by atoms with Gasteiger partial charge in [-0.1, -0.05) is 6.42 Å². The van der Waals surface area contributed by atoms with Gasteiger partial charge in [0.2, 0.25) is 0 Å². The van der Waals surface area contributed by atoms with Gasteiger partial charge in [-0.25, -0.2) is 4.98 Å². The van der Waals surface area contributed by atoms with Gasteiger partial charge in [0.05, 0.1) is 0 Å². The summed E-state index contributed by atoms with van der Waals surface area (Å²) in [7, 11) is 2.11. The molecule has 0 amide bonds. The van der Waals surface area contributed by atoms with E-state index in [-0.39, 0.29) is 0 Å². The molecule has 1 unspecified atom stereocenters. The molecular weight excluding hydrogens is 278 g/mol. The number of nitrogens with zero attached hydrogens (tertiary/aromatic N) is 2. The highest BCUT2D eigenvalue weighted by molar-refractivity contribution is 9.10. The molecule has 0 radical (unpaired) electrons. The van der Waals surface area contributed by atoms with E-state index in [1.54, 1.807) is 0 Å². The van der Waals surface area contributed by atoms with Gasteiger partial charge in [-0.05, 0) is 47.4 Å². The molecule has 0 saturated carbocycles. The number of halogens is 1. The Morgan fingerprint density at radius 3 is 3.06 bits per heavy atom. The molecule has 2 aromatic heterocycles. The van der Waals surface area contributed by atoms with E-state index in [9.17, 15) is 0 Å². The maximum absolute atomic E-state index is 4.48. The van der Waals surface area contributed by atoms with Gasteiger partial charge in [0.25, 0.3) is 0 Å². The number of pyridine rings is 1. The zero-order valence-corrected chi connectivity index (χ0v) is 11.5. The molecule has 1 fully saturated rings. The van der Waals surface area contributed by atoms with Gasteiger partial charge in [0.15, 0.2) is 0 Å². The molecule has 0 aliphatic carbocycles. The van der Waals surface area contributed by atoms with E-state index in [1.165, 1.54) is 30.3 Å². The Morgan fingerprint density at radius 2 is 2.29 bits per heavy atom. The topological polar surface area (TPSA) is 29.9 Å². The first-order chi connectivity index (χ1) is 8.25. The SMILES string of the molecule is Cn1c(C2CCCCN2)cc2cc(Br)cnc21. The minimum absolute atomic E-state index is 0.488. The molecule has 1 saturated heterocycles. The zero-order valence-electron chi connectivity index (χ0n) is 9.91. The Balaban J connectivity index is 2.07. The van der Waals surface area contributed by atoms with Crippen LogP contribution in [-0.4, -0.2) is 16.1 Å². The molecule has 17 heavy (non-hydrogen) atoms. The normalized spacial score (nSPS) is 20.9. The molecule has 0 spiro atoms.